The molecule has 0 amide bonds. The molecule has 4 aromatic rings. The first kappa shape index (κ1) is 19.3. The van der Waals surface area contributed by atoms with Crippen LogP contribution in [-0.4, -0.2) is 29.4 Å². The van der Waals surface area contributed by atoms with E-state index in [4.69, 9.17) is 9.47 Å². The number of ketones is 1. The smallest absolute Gasteiger partial charge is 0.207 e. The second-order valence-corrected chi connectivity index (χ2v) is 6.54. The number of allylic oxidation sites excluding steroid dienone is 1. The molecular weight excluding hydrogens is 378 g/mol. The largest absolute Gasteiger partial charge is 0.497 e. The molecule has 0 spiro atoms. The second-order valence-electron chi connectivity index (χ2n) is 6.54. The molecule has 2 heterocycles. The summed E-state index contributed by atoms with van der Waals surface area (Å²) in [6.07, 6.45) is 5.00. The molecule has 0 saturated heterocycles. The van der Waals surface area contributed by atoms with Crippen molar-refractivity contribution < 1.29 is 14.3 Å². The standard InChI is InChI=1S/C24H21N3O3/c1-29-19-10-6-17(7-11-19)24-26-23(21-5-3-4-16-27(21)24)22(28)14-15-25-18-8-12-20(30-2)13-9-18/h3-16,25H,1-2H3/b15-14-. The van der Waals surface area contributed by atoms with E-state index in [0.717, 1.165) is 28.3 Å². The average Bonchev–Trinajstić information content (AvgIpc) is 3.19. The van der Waals surface area contributed by atoms with Gasteiger partial charge in [0.15, 0.2) is 0 Å². The number of nitrogens with one attached hydrogen (secondary N) is 1. The predicted octanol–water partition coefficient (Wildman–Crippen LogP) is 4.83. The first-order valence-corrected chi connectivity index (χ1v) is 9.42. The van der Waals surface area contributed by atoms with Crippen LogP contribution in [0.1, 0.15) is 10.5 Å². The van der Waals surface area contributed by atoms with Gasteiger partial charge in [-0.15, -0.1) is 0 Å². The van der Waals surface area contributed by atoms with Crippen LogP contribution in [0, 0.1) is 0 Å². The normalized spacial score (nSPS) is 11.0. The van der Waals surface area contributed by atoms with Gasteiger partial charge in [0.05, 0.1) is 19.7 Å². The Bertz CT molecular complexity index is 1190. The number of imidazole rings is 1. The number of hydrogen-bond donors (Lipinski definition) is 1. The summed E-state index contributed by atoms with van der Waals surface area (Å²) >= 11 is 0. The van der Waals surface area contributed by atoms with Gasteiger partial charge in [-0.05, 0) is 60.7 Å². The van der Waals surface area contributed by atoms with Crippen molar-refractivity contribution in [1.29, 1.82) is 0 Å². The Kier molecular flexibility index (Phi) is 5.48. The van der Waals surface area contributed by atoms with Gasteiger partial charge in [-0.1, -0.05) is 6.07 Å². The van der Waals surface area contributed by atoms with E-state index in [9.17, 15) is 4.79 Å². The maximum Gasteiger partial charge on any atom is 0.207 e. The molecule has 0 saturated carbocycles. The number of anilines is 1. The number of ether oxygens (including phenoxy) is 2. The number of fused-ring (bicyclic) bond motifs is 1. The summed E-state index contributed by atoms with van der Waals surface area (Å²) in [6.45, 7) is 0. The van der Waals surface area contributed by atoms with Crippen LogP contribution in [0.4, 0.5) is 5.69 Å². The van der Waals surface area contributed by atoms with Crippen LogP contribution in [0.5, 0.6) is 11.5 Å². The third-order valence-electron chi connectivity index (χ3n) is 4.70. The zero-order valence-electron chi connectivity index (χ0n) is 16.7. The Hall–Kier alpha value is -4.06. The minimum absolute atomic E-state index is 0.181. The van der Waals surface area contributed by atoms with E-state index in [2.05, 4.69) is 10.3 Å². The third-order valence-corrected chi connectivity index (χ3v) is 4.70. The van der Waals surface area contributed by atoms with Gasteiger partial charge in [-0.2, -0.15) is 0 Å². The van der Waals surface area contributed by atoms with Crippen molar-refractivity contribution in [1.82, 2.24) is 9.38 Å². The molecule has 2 aromatic heterocycles. The number of benzene rings is 2. The van der Waals surface area contributed by atoms with Gasteiger partial charge in [-0.3, -0.25) is 9.20 Å². The molecule has 4 rings (SSSR count). The molecule has 6 nitrogen and oxygen atoms in total. The fourth-order valence-corrected chi connectivity index (χ4v) is 3.14. The van der Waals surface area contributed by atoms with Crippen LogP contribution in [-0.2, 0) is 0 Å². The van der Waals surface area contributed by atoms with Gasteiger partial charge in [0.2, 0.25) is 5.78 Å². The summed E-state index contributed by atoms with van der Waals surface area (Å²) in [5, 5.41) is 3.09. The minimum Gasteiger partial charge on any atom is -0.497 e. The summed E-state index contributed by atoms with van der Waals surface area (Å²) in [4.78, 5) is 17.5. The molecule has 0 aliphatic rings. The van der Waals surface area contributed by atoms with Crippen LogP contribution < -0.4 is 14.8 Å². The summed E-state index contributed by atoms with van der Waals surface area (Å²) in [7, 11) is 3.25. The Morgan fingerprint density at radius 3 is 2.27 bits per heavy atom. The molecule has 0 bridgehead atoms. The highest BCUT2D eigenvalue weighted by atomic mass is 16.5. The molecule has 0 aliphatic heterocycles. The first-order chi connectivity index (χ1) is 14.7. The number of methoxy groups -OCH3 is 2. The monoisotopic (exact) mass is 399 g/mol. The lowest BCUT2D eigenvalue weighted by Gasteiger charge is -2.03. The van der Waals surface area contributed by atoms with E-state index < -0.39 is 0 Å². The van der Waals surface area contributed by atoms with Gasteiger partial charge in [0.1, 0.15) is 23.0 Å². The Balaban J connectivity index is 1.60. The summed E-state index contributed by atoms with van der Waals surface area (Å²) in [6, 6.07) is 20.7. The van der Waals surface area contributed by atoms with Gasteiger partial charge < -0.3 is 14.8 Å². The molecule has 0 radical (unpaired) electrons. The highest BCUT2D eigenvalue weighted by molar-refractivity contribution is 6.08. The van der Waals surface area contributed by atoms with E-state index in [-0.39, 0.29) is 5.78 Å². The second kappa shape index (κ2) is 8.53. The van der Waals surface area contributed by atoms with E-state index >= 15 is 0 Å². The minimum atomic E-state index is -0.181. The van der Waals surface area contributed by atoms with Gasteiger partial charge in [-0.25, -0.2) is 4.98 Å². The quantitative estimate of drug-likeness (QED) is 0.356. The third kappa shape index (κ3) is 3.89. The zero-order valence-corrected chi connectivity index (χ0v) is 16.7. The molecule has 150 valence electrons. The predicted molar refractivity (Wildman–Crippen MR) is 117 cm³/mol. The fourth-order valence-electron chi connectivity index (χ4n) is 3.14. The zero-order chi connectivity index (χ0) is 20.9. The van der Waals surface area contributed by atoms with Crippen molar-refractivity contribution in [3.8, 4) is 22.9 Å². The highest BCUT2D eigenvalue weighted by Gasteiger charge is 2.16. The van der Waals surface area contributed by atoms with Crippen LogP contribution in [0.2, 0.25) is 0 Å². The van der Waals surface area contributed by atoms with Crippen molar-refractivity contribution >= 4 is 17.0 Å². The van der Waals surface area contributed by atoms with Crippen molar-refractivity contribution in [2.45, 2.75) is 0 Å². The molecule has 0 aliphatic carbocycles. The van der Waals surface area contributed by atoms with Crippen LogP contribution in [0.3, 0.4) is 0 Å². The van der Waals surface area contributed by atoms with Crippen LogP contribution >= 0.6 is 0 Å². The molecule has 6 heteroatoms. The van der Waals surface area contributed by atoms with Gasteiger partial charge in [0, 0.05) is 29.7 Å². The lowest BCUT2D eigenvalue weighted by Crippen LogP contribution is -1.98. The van der Waals surface area contributed by atoms with Crippen molar-refractivity contribution in [2.75, 3.05) is 19.5 Å². The molecule has 0 fully saturated rings. The molecule has 0 atom stereocenters. The number of hydrogen-bond acceptors (Lipinski definition) is 5. The van der Waals surface area contributed by atoms with Crippen molar-refractivity contribution in [2.24, 2.45) is 0 Å². The van der Waals surface area contributed by atoms with E-state index in [1.54, 1.807) is 20.4 Å². The Morgan fingerprint density at radius 1 is 0.933 bits per heavy atom. The number of carbonyl (C=O) groups is 1. The number of nitrogens with zero attached hydrogens (tertiary/aromatic N) is 2. The number of carbonyl (C=O) groups excluding carboxylic acids is 1. The maximum absolute atomic E-state index is 12.9. The number of pyridine rings is 1. The molecule has 0 unspecified atom stereocenters. The van der Waals surface area contributed by atoms with Crippen molar-refractivity contribution in [3.05, 3.63) is 90.9 Å². The fraction of sp³-hybridized carbons (Fsp3) is 0.0833. The average molecular weight is 399 g/mol. The maximum atomic E-state index is 12.9. The first-order valence-electron chi connectivity index (χ1n) is 9.42. The van der Waals surface area contributed by atoms with Crippen molar-refractivity contribution in [3.63, 3.8) is 0 Å². The Morgan fingerprint density at radius 2 is 1.60 bits per heavy atom. The highest BCUT2D eigenvalue weighted by Crippen LogP contribution is 2.25. The van der Waals surface area contributed by atoms with E-state index in [1.807, 2.05) is 77.3 Å². The van der Waals surface area contributed by atoms with Gasteiger partial charge in [0.25, 0.3) is 0 Å². The molecule has 1 N–H and O–H groups in total. The summed E-state index contributed by atoms with van der Waals surface area (Å²) in [5.74, 6) is 2.06. The molecular formula is C24H21N3O3. The summed E-state index contributed by atoms with van der Waals surface area (Å²) in [5.41, 5.74) is 2.90. The lowest BCUT2D eigenvalue weighted by atomic mass is 10.2. The van der Waals surface area contributed by atoms with Gasteiger partial charge >= 0.3 is 0 Å². The lowest BCUT2D eigenvalue weighted by molar-refractivity contribution is 0.104. The number of aromatic nitrogens is 2. The molecule has 2 aromatic carbocycles. The van der Waals surface area contributed by atoms with Crippen LogP contribution in [0.25, 0.3) is 16.9 Å². The van der Waals surface area contributed by atoms with E-state index in [1.165, 1.54) is 6.08 Å². The molecule has 30 heavy (non-hydrogen) atoms. The SMILES string of the molecule is COc1ccc(N/C=C\C(=O)c2nc(-c3ccc(OC)cc3)n3ccccc23)cc1. The number of rotatable bonds is 7. The van der Waals surface area contributed by atoms with Crippen LogP contribution in [0.15, 0.2) is 85.2 Å². The summed E-state index contributed by atoms with van der Waals surface area (Å²) < 4.78 is 12.3. The topological polar surface area (TPSA) is 64.9 Å². The Labute approximate surface area is 174 Å². The van der Waals surface area contributed by atoms with E-state index in [0.29, 0.717) is 11.5 Å².